The molecule has 6 heteroatoms. The van der Waals surface area contributed by atoms with E-state index in [9.17, 15) is 9.18 Å². The van der Waals surface area contributed by atoms with Crippen LogP contribution in [-0.2, 0) is 11.2 Å². The first kappa shape index (κ1) is 21.4. The fraction of sp³-hybridized carbons (Fsp3) is 0.476. The lowest BCUT2D eigenvalue weighted by atomic mass is 10.1. The van der Waals surface area contributed by atoms with Gasteiger partial charge < -0.3 is 14.7 Å². The van der Waals surface area contributed by atoms with Gasteiger partial charge in [-0.15, -0.1) is 11.8 Å². The molecule has 0 fully saturated rings. The van der Waals surface area contributed by atoms with E-state index in [0.717, 1.165) is 42.9 Å². The van der Waals surface area contributed by atoms with Crippen molar-refractivity contribution in [1.29, 1.82) is 0 Å². The molecular weight excluding hydrogens is 365 g/mol. The third-order valence-corrected chi connectivity index (χ3v) is 5.65. The van der Waals surface area contributed by atoms with Crippen LogP contribution in [0.1, 0.15) is 39.2 Å². The molecule has 2 rings (SSSR count). The predicted octanol–water partition coefficient (Wildman–Crippen LogP) is 5.66. The summed E-state index contributed by atoms with van der Waals surface area (Å²) in [5, 5.41) is 10.2. The predicted molar refractivity (Wildman–Crippen MR) is 108 cm³/mol. The number of halogens is 1. The summed E-state index contributed by atoms with van der Waals surface area (Å²) in [5.74, 6) is 0.745. The lowest BCUT2D eigenvalue weighted by Crippen LogP contribution is -2.29. The summed E-state index contributed by atoms with van der Waals surface area (Å²) in [6, 6.07) is 6.58. The van der Waals surface area contributed by atoms with Gasteiger partial charge in [-0.2, -0.15) is 0 Å². The SMILES string of the molecule is CC(C)CCN1CC=CC(OC(=O)O)=C1SC(C)CCc1ccc(F)cc1. The molecule has 1 heterocycles. The van der Waals surface area contributed by atoms with E-state index in [0.29, 0.717) is 11.7 Å². The van der Waals surface area contributed by atoms with Gasteiger partial charge in [0.1, 0.15) is 10.8 Å². The lowest BCUT2D eigenvalue weighted by Gasteiger charge is -2.31. The van der Waals surface area contributed by atoms with Crippen molar-refractivity contribution in [3.8, 4) is 0 Å². The summed E-state index contributed by atoms with van der Waals surface area (Å²) in [4.78, 5) is 13.3. The van der Waals surface area contributed by atoms with Crippen LogP contribution in [0.2, 0.25) is 0 Å². The number of nitrogens with zero attached hydrogens (tertiary/aromatic N) is 1. The van der Waals surface area contributed by atoms with Gasteiger partial charge in [0.2, 0.25) is 0 Å². The van der Waals surface area contributed by atoms with E-state index in [-0.39, 0.29) is 11.1 Å². The number of hydrogen-bond donors (Lipinski definition) is 1. The van der Waals surface area contributed by atoms with E-state index >= 15 is 0 Å². The molecule has 1 N–H and O–H groups in total. The summed E-state index contributed by atoms with van der Waals surface area (Å²) >= 11 is 1.64. The minimum absolute atomic E-state index is 0.225. The smallest absolute Gasteiger partial charge is 0.449 e. The molecule has 1 unspecified atom stereocenters. The number of carboxylic acid groups (broad SMARTS) is 1. The number of hydrogen-bond acceptors (Lipinski definition) is 4. The van der Waals surface area contributed by atoms with E-state index in [1.54, 1.807) is 17.8 Å². The maximum atomic E-state index is 13.0. The second-order valence-corrected chi connectivity index (χ2v) is 8.59. The average molecular weight is 394 g/mol. The Kier molecular flexibility index (Phi) is 8.23. The molecule has 0 amide bonds. The van der Waals surface area contributed by atoms with Gasteiger partial charge in [-0.25, -0.2) is 9.18 Å². The zero-order chi connectivity index (χ0) is 19.8. The Bertz CT molecular complexity index is 685. The maximum absolute atomic E-state index is 13.0. The highest BCUT2D eigenvalue weighted by Crippen LogP contribution is 2.34. The van der Waals surface area contributed by atoms with Crippen molar-refractivity contribution in [3.63, 3.8) is 0 Å². The van der Waals surface area contributed by atoms with Crippen molar-refractivity contribution in [1.82, 2.24) is 4.90 Å². The van der Waals surface area contributed by atoms with Gasteiger partial charge in [-0.3, -0.25) is 0 Å². The van der Waals surface area contributed by atoms with Crippen molar-refractivity contribution in [2.24, 2.45) is 5.92 Å². The van der Waals surface area contributed by atoms with Crippen LogP contribution in [0.3, 0.4) is 0 Å². The normalized spacial score (nSPS) is 15.4. The second kappa shape index (κ2) is 10.4. The fourth-order valence-corrected chi connectivity index (χ4v) is 3.94. The molecule has 0 bridgehead atoms. The molecule has 0 saturated heterocycles. The van der Waals surface area contributed by atoms with Crippen LogP contribution in [0.5, 0.6) is 0 Å². The first-order chi connectivity index (χ1) is 12.8. The molecule has 1 atom stereocenters. The zero-order valence-corrected chi connectivity index (χ0v) is 17.0. The summed E-state index contributed by atoms with van der Waals surface area (Å²) in [6.45, 7) is 8.10. The lowest BCUT2D eigenvalue weighted by molar-refractivity contribution is 0.119. The van der Waals surface area contributed by atoms with Crippen LogP contribution >= 0.6 is 11.8 Å². The van der Waals surface area contributed by atoms with Crippen LogP contribution in [0.15, 0.2) is 47.2 Å². The molecule has 0 aromatic heterocycles. The van der Waals surface area contributed by atoms with Crippen LogP contribution < -0.4 is 0 Å². The highest BCUT2D eigenvalue weighted by molar-refractivity contribution is 8.03. The van der Waals surface area contributed by atoms with Gasteiger partial charge in [-0.05, 0) is 49.0 Å². The molecule has 27 heavy (non-hydrogen) atoms. The van der Waals surface area contributed by atoms with Crippen LogP contribution in [-0.4, -0.2) is 34.5 Å². The Morgan fingerprint density at radius 3 is 2.59 bits per heavy atom. The van der Waals surface area contributed by atoms with E-state index in [4.69, 9.17) is 9.84 Å². The Morgan fingerprint density at radius 2 is 1.96 bits per heavy atom. The van der Waals surface area contributed by atoms with Crippen molar-refractivity contribution in [3.05, 3.63) is 58.6 Å². The first-order valence-electron chi connectivity index (χ1n) is 9.32. The van der Waals surface area contributed by atoms with E-state index in [1.807, 2.05) is 18.2 Å². The highest BCUT2D eigenvalue weighted by Gasteiger charge is 2.22. The molecule has 4 nitrogen and oxygen atoms in total. The highest BCUT2D eigenvalue weighted by atomic mass is 32.2. The monoisotopic (exact) mass is 393 g/mol. The number of benzene rings is 1. The van der Waals surface area contributed by atoms with Gasteiger partial charge in [0.25, 0.3) is 0 Å². The Labute approximate surface area is 165 Å². The molecule has 1 aromatic carbocycles. The topological polar surface area (TPSA) is 49.8 Å². The zero-order valence-electron chi connectivity index (χ0n) is 16.2. The quantitative estimate of drug-likeness (QED) is 0.549. The fourth-order valence-electron chi connectivity index (χ4n) is 2.78. The first-order valence-corrected chi connectivity index (χ1v) is 10.2. The third kappa shape index (κ3) is 7.29. The molecule has 0 aliphatic carbocycles. The number of aryl methyl sites for hydroxylation is 1. The minimum Gasteiger partial charge on any atom is -0.449 e. The summed E-state index contributed by atoms with van der Waals surface area (Å²) in [6.07, 6.45) is 5.17. The Morgan fingerprint density at radius 1 is 1.26 bits per heavy atom. The molecular formula is C21H28FNO3S. The van der Waals surface area contributed by atoms with Crippen molar-refractivity contribution in [2.45, 2.75) is 45.3 Å². The molecule has 1 aliphatic heterocycles. The maximum Gasteiger partial charge on any atom is 0.511 e. The minimum atomic E-state index is -1.29. The molecule has 1 aliphatic rings. The molecule has 0 saturated carbocycles. The third-order valence-electron chi connectivity index (χ3n) is 4.33. The molecule has 0 radical (unpaired) electrons. The summed E-state index contributed by atoms with van der Waals surface area (Å²) in [5.41, 5.74) is 1.10. The molecule has 1 aromatic rings. The molecule has 0 spiro atoms. The van der Waals surface area contributed by atoms with Gasteiger partial charge >= 0.3 is 6.16 Å². The number of ether oxygens (including phenoxy) is 1. The molecule has 148 valence electrons. The largest absolute Gasteiger partial charge is 0.511 e. The standard InChI is InChI=1S/C21H28FNO3S/c1-15(2)12-14-23-13-4-5-19(26-21(24)25)20(23)27-16(3)6-7-17-8-10-18(22)11-9-17/h4-5,8-11,15-16H,6-7,12-14H2,1-3H3,(H,24,25). The van der Waals surface area contributed by atoms with E-state index < -0.39 is 6.16 Å². The average Bonchev–Trinajstić information content (AvgIpc) is 2.61. The van der Waals surface area contributed by atoms with Gasteiger partial charge in [0.15, 0.2) is 5.76 Å². The van der Waals surface area contributed by atoms with E-state index in [1.165, 1.54) is 12.1 Å². The number of rotatable bonds is 9. The van der Waals surface area contributed by atoms with Gasteiger partial charge in [0, 0.05) is 18.3 Å². The second-order valence-electron chi connectivity index (χ2n) is 7.16. The summed E-state index contributed by atoms with van der Waals surface area (Å²) in [7, 11) is 0. The van der Waals surface area contributed by atoms with Crippen molar-refractivity contribution >= 4 is 17.9 Å². The van der Waals surface area contributed by atoms with Crippen LogP contribution in [0.25, 0.3) is 0 Å². The van der Waals surface area contributed by atoms with Gasteiger partial charge in [-0.1, -0.05) is 39.0 Å². The Balaban J connectivity index is 2.04. The van der Waals surface area contributed by atoms with Crippen molar-refractivity contribution < 1.29 is 19.0 Å². The number of allylic oxidation sites excluding steroid dienone is 1. The van der Waals surface area contributed by atoms with Crippen LogP contribution in [0.4, 0.5) is 9.18 Å². The van der Waals surface area contributed by atoms with Crippen molar-refractivity contribution in [2.75, 3.05) is 13.1 Å². The number of carbonyl (C=O) groups is 1. The van der Waals surface area contributed by atoms with E-state index in [2.05, 4.69) is 25.7 Å². The van der Waals surface area contributed by atoms with Gasteiger partial charge in [0.05, 0.1) is 0 Å². The summed E-state index contributed by atoms with van der Waals surface area (Å²) < 4.78 is 18.1. The number of thioether (sulfide) groups is 1. The Hall–Kier alpha value is -1.95. The van der Waals surface area contributed by atoms with Crippen LogP contribution in [0, 0.1) is 11.7 Å².